The summed E-state index contributed by atoms with van der Waals surface area (Å²) in [6.45, 7) is 2.35. The minimum Gasteiger partial charge on any atom is -0.393 e. The van der Waals surface area contributed by atoms with Gasteiger partial charge in [0.1, 0.15) is 0 Å². The van der Waals surface area contributed by atoms with Crippen LogP contribution in [0, 0.1) is 17.3 Å². The topological polar surface area (TPSA) is 32.3 Å². The van der Waals surface area contributed by atoms with Gasteiger partial charge in [-0.15, -0.1) is 0 Å². The third-order valence-corrected chi connectivity index (χ3v) is 4.90. The first-order chi connectivity index (χ1) is 6.82. The highest BCUT2D eigenvalue weighted by Crippen LogP contribution is 2.62. The molecule has 0 bridgehead atoms. The quantitative estimate of drug-likeness (QED) is 0.700. The Bertz CT molecular complexity index is 218. The molecule has 3 rings (SSSR count). The van der Waals surface area contributed by atoms with Crippen molar-refractivity contribution >= 4 is 0 Å². The van der Waals surface area contributed by atoms with Gasteiger partial charge in [0.15, 0.2) is 0 Å². The first-order valence-corrected chi connectivity index (χ1v) is 6.21. The molecule has 1 spiro atoms. The molecule has 2 nitrogen and oxygen atoms in total. The fourth-order valence-electron chi connectivity index (χ4n) is 3.47. The van der Waals surface area contributed by atoms with Gasteiger partial charge < -0.3 is 10.4 Å². The number of rotatable bonds is 2. The van der Waals surface area contributed by atoms with E-state index in [1.54, 1.807) is 0 Å². The van der Waals surface area contributed by atoms with Crippen LogP contribution < -0.4 is 5.32 Å². The van der Waals surface area contributed by atoms with Gasteiger partial charge in [-0.05, 0) is 62.4 Å². The molecule has 1 saturated heterocycles. The summed E-state index contributed by atoms with van der Waals surface area (Å²) in [6, 6.07) is 0. The molecule has 0 radical (unpaired) electrons. The van der Waals surface area contributed by atoms with Gasteiger partial charge in [-0.1, -0.05) is 6.42 Å². The van der Waals surface area contributed by atoms with Gasteiger partial charge in [0.25, 0.3) is 0 Å². The zero-order valence-corrected chi connectivity index (χ0v) is 8.84. The Labute approximate surface area is 86.1 Å². The van der Waals surface area contributed by atoms with Gasteiger partial charge in [-0.3, -0.25) is 0 Å². The predicted molar refractivity (Wildman–Crippen MR) is 56.0 cm³/mol. The number of piperidine rings is 1. The van der Waals surface area contributed by atoms with E-state index >= 15 is 0 Å². The van der Waals surface area contributed by atoms with E-state index < -0.39 is 0 Å². The lowest BCUT2D eigenvalue weighted by atomic mass is 9.77. The van der Waals surface area contributed by atoms with Gasteiger partial charge in [0.2, 0.25) is 0 Å². The Morgan fingerprint density at radius 3 is 2.50 bits per heavy atom. The molecule has 80 valence electrons. The Morgan fingerprint density at radius 1 is 1.21 bits per heavy atom. The lowest BCUT2D eigenvalue weighted by molar-refractivity contribution is 0.0298. The molecule has 2 unspecified atom stereocenters. The molecule has 1 aliphatic heterocycles. The van der Waals surface area contributed by atoms with Crippen molar-refractivity contribution in [3.05, 3.63) is 0 Å². The van der Waals surface area contributed by atoms with Gasteiger partial charge in [-0.25, -0.2) is 0 Å². The lowest BCUT2D eigenvalue weighted by Crippen LogP contribution is -2.35. The monoisotopic (exact) mass is 195 g/mol. The van der Waals surface area contributed by atoms with Crippen LogP contribution in [0.3, 0.4) is 0 Å². The van der Waals surface area contributed by atoms with Crippen LogP contribution in [0.25, 0.3) is 0 Å². The summed E-state index contributed by atoms with van der Waals surface area (Å²) in [6.07, 6.45) is 7.89. The molecule has 2 atom stereocenters. The number of hydrogen-bond donors (Lipinski definition) is 2. The van der Waals surface area contributed by atoms with Crippen molar-refractivity contribution in [2.24, 2.45) is 17.3 Å². The molecule has 1 heterocycles. The summed E-state index contributed by atoms with van der Waals surface area (Å²) in [4.78, 5) is 0. The second-order valence-electron chi connectivity index (χ2n) is 5.60. The largest absolute Gasteiger partial charge is 0.393 e. The van der Waals surface area contributed by atoms with E-state index in [4.69, 9.17) is 0 Å². The second kappa shape index (κ2) is 3.21. The Morgan fingerprint density at radius 2 is 1.93 bits per heavy atom. The van der Waals surface area contributed by atoms with Crippen molar-refractivity contribution in [3.63, 3.8) is 0 Å². The standard InChI is InChI=1S/C12H21NO/c14-11(9-2-1-3-9)10-8-12(10)4-6-13-7-5-12/h9-11,13-14H,1-8H2. The highest BCUT2D eigenvalue weighted by molar-refractivity contribution is 5.08. The van der Waals surface area contributed by atoms with Crippen LogP contribution >= 0.6 is 0 Å². The van der Waals surface area contributed by atoms with E-state index in [1.165, 1.54) is 51.6 Å². The van der Waals surface area contributed by atoms with Gasteiger partial charge in [0.05, 0.1) is 6.10 Å². The molecule has 2 heteroatoms. The van der Waals surface area contributed by atoms with Crippen LogP contribution in [0.4, 0.5) is 0 Å². The van der Waals surface area contributed by atoms with E-state index in [9.17, 15) is 5.11 Å². The highest BCUT2D eigenvalue weighted by Gasteiger charge is 2.58. The van der Waals surface area contributed by atoms with E-state index in [0.29, 0.717) is 17.3 Å². The SMILES string of the molecule is OC(C1CCC1)C1CC12CCNCC2. The summed E-state index contributed by atoms with van der Waals surface area (Å²) in [5.74, 6) is 1.32. The fourth-order valence-corrected chi connectivity index (χ4v) is 3.47. The predicted octanol–water partition coefficient (Wildman–Crippen LogP) is 1.54. The summed E-state index contributed by atoms with van der Waals surface area (Å²) in [7, 11) is 0. The lowest BCUT2D eigenvalue weighted by Gasteiger charge is -2.33. The molecule has 2 aliphatic carbocycles. The van der Waals surface area contributed by atoms with Crippen molar-refractivity contribution in [3.8, 4) is 0 Å². The zero-order valence-electron chi connectivity index (χ0n) is 8.84. The third-order valence-electron chi connectivity index (χ3n) is 4.90. The minimum atomic E-state index is 0.0434. The molecule has 0 amide bonds. The van der Waals surface area contributed by atoms with Crippen molar-refractivity contribution in [1.29, 1.82) is 0 Å². The van der Waals surface area contributed by atoms with Gasteiger partial charge >= 0.3 is 0 Å². The number of aliphatic hydroxyl groups is 1. The maximum atomic E-state index is 10.2. The molecule has 2 N–H and O–H groups in total. The number of nitrogens with one attached hydrogen (secondary N) is 1. The zero-order chi connectivity index (χ0) is 9.60. The van der Waals surface area contributed by atoms with Crippen LogP contribution in [0.1, 0.15) is 38.5 Å². The van der Waals surface area contributed by atoms with Gasteiger partial charge in [0, 0.05) is 0 Å². The van der Waals surface area contributed by atoms with Crippen LogP contribution in [-0.4, -0.2) is 24.3 Å². The minimum absolute atomic E-state index is 0.0434. The Kier molecular flexibility index (Phi) is 2.10. The van der Waals surface area contributed by atoms with Crippen LogP contribution in [-0.2, 0) is 0 Å². The molecule has 0 aromatic heterocycles. The molecule has 2 saturated carbocycles. The second-order valence-corrected chi connectivity index (χ2v) is 5.60. The van der Waals surface area contributed by atoms with E-state index in [0.717, 1.165) is 0 Å². The summed E-state index contributed by atoms with van der Waals surface area (Å²) in [5, 5.41) is 13.6. The average molecular weight is 195 g/mol. The molecular formula is C12H21NO. The Balaban J connectivity index is 1.59. The average Bonchev–Trinajstić information content (AvgIpc) is 2.78. The highest BCUT2D eigenvalue weighted by atomic mass is 16.3. The van der Waals surface area contributed by atoms with E-state index in [2.05, 4.69) is 5.32 Å². The molecule has 3 fully saturated rings. The van der Waals surface area contributed by atoms with Crippen LogP contribution in [0.2, 0.25) is 0 Å². The number of hydrogen-bond acceptors (Lipinski definition) is 2. The molecule has 14 heavy (non-hydrogen) atoms. The Hall–Kier alpha value is -0.0800. The van der Waals surface area contributed by atoms with Crippen LogP contribution in [0.15, 0.2) is 0 Å². The van der Waals surface area contributed by atoms with Crippen LogP contribution in [0.5, 0.6) is 0 Å². The van der Waals surface area contributed by atoms with E-state index in [-0.39, 0.29) is 6.10 Å². The smallest absolute Gasteiger partial charge is 0.0602 e. The van der Waals surface area contributed by atoms with Crippen molar-refractivity contribution in [2.45, 2.75) is 44.6 Å². The third kappa shape index (κ3) is 1.31. The van der Waals surface area contributed by atoms with Crippen molar-refractivity contribution in [2.75, 3.05) is 13.1 Å². The summed E-state index contributed by atoms with van der Waals surface area (Å²) >= 11 is 0. The first-order valence-electron chi connectivity index (χ1n) is 6.21. The maximum absolute atomic E-state index is 10.2. The van der Waals surface area contributed by atoms with E-state index in [1.807, 2.05) is 0 Å². The molecular weight excluding hydrogens is 174 g/mol. The van der Waals surface area contributed by atoms with Crippen molar-refractivity contribution < 1.29 is 5.11 Å². The molecule has 0 aromatic rings. The first kappa shape index (κ1) is 9.17. The van der Waals surface area contributed by atoms with Crippen molar-refractivity contribution in [1.82, 2.24) is 5.32 Å². The summed E-state index contributed by atoms with van der Waals surface area (Å²) < 4.78 is 0. The maximum Gasteiger partial charge on any atom is 0.0602 e. The van der Waals surface area contributed by atoms with Gasteiger partial charge in [-0.2, -0.15) is 0 Å². The fraction of sp³-hybridized carbons (Fsp3) is 1.00. The molecule has 0 aromatic carbocycles. The normalized spacial score (nSPS) is 37.9. The summed E-state index contributed by atoms with van der Waals surface area (Å²) in [5.41, 5.74) is 0.570. The number of aliphatic hydroxyl groups excluding tert-OH is 1. The molecule has 3 aliphatic rings.